The number of benzene rings is 2. The first-order valence-corrected chi connectivity index (χ1v) is 10.2. The van der Waals surface area contributed by atoms with Gasteiger partial charge in [-0.25, -0.2) is 0 Å². The number of anilines is 2. The lowest BCUT2D eigenvalue weighted by molar-refractivity contribution is -0.126. The Morgan fingerprint density at radius 1 is 1.20 bits per heavy atom. The normalized spacial score (nSPS) is 15.7. The van der Waals surface area contributed by atoms with Gasteiger partial charge in [0.25, 0.3) is 5.91 Å². The van der Waals surface area contributed by atoms with Crippen molar-refractivity contribution in [3.05, 3.63) is 53.6 Å². The van der Waals surface area contributed by atoms with Crippen LogP contribution in [0.25, 0.3) is 0 Å². The van der Waals surface area contributed by atoms with Crippen LogP contribution in [0, 0.1) is 5.92 Å². The van der Waals surface area contributed by atoms with Gasteiger partial charge in [-0.15, -0.1) is 0 Å². The maximum absolute atomic E-state index is 12.3. The molecule has 2 aromatic rings. The summed E-state index contributed by atoms with van der Waals surface area (Å²) in [4.78, 5) is 38.1. The van der Waals surface area contributed by atoms with Gasteiger partial charge in [0.15, 0.2) is 6.61 Å². The smallest absolute Gasteiger partial charge is 0.262 e. The molecule has 3 rings (SSSR count). The van der Waals surface area contributed by atoms with Crippen molar-refractivity contribution in [2.24, 2.45) is 5.92 Å². The van der Waals surface area contributed by atoms with Gasteiger partial charge in [-0.3, -0.25) is 14.4 Å². The summed E-state index contributed by atoms with van der Waals surface area (Å²) in [7, 11) is 0. The Hall–Kier alpha value is -3.06. The minimum Gasteiger partial charge on any atom is -0.484 e. The highest BCUT2D eigenvalue weighted by Crippen LogP contribution is 2.27. The van der Waals surface area contributed by atoms with Crippen LogP contribution < -0.4 is 20.3 Å². The zero-order valence-electron chi connectivity index (χ0n) is 16.7. The van der Waals surface area contributed by atoms with Gasteiger partial charge in [0.2, 0.25) is 11.8 Å². The van der Waals surface area contributed by atoms with Crippen LogP contribution in [-0.2, 0) is 14.4 Å². The van der Waals surface area contributed by atoms with E-state index in [1.54, 1.807) is 53.4 Å². The summed E-state index contributed by atoms with van der Waals surface area (Å²) in [6, 6.07) is 13.7. The first kappa shape index (κ1) is 21.6. The molecule has 0 saturated carbocycles. The fourth-order valence-electron chi connectivity index (χ4n) is 3.16. The number of amides is 3. The maximum Gasteiger partial charge on any atom is 0.262 e. The van der Waals surface area contributed by atoms with Crippen LogP contribution in [0.5, 0.6) is 5.75 Å². The van der Waals surface area contributed by atoms with E-state index in [4.69, 9.17) is 16.3 Å². The minimum absolute atomic E-state index is 0.0822. The number of carbonyl (C=O) groups excluding carboxylic acids is 3. The van der Waals surface area contributed by atoms with Gasteiger partial charge in [0, 0.05) is 35.9 Å². The molecule has 3 amide bonds. The molecule has 1 heterocycles. The van der Waals surface area contributed by atoms with Crippen LogP contribution in [0.4, 0.5) is 11.4 Å². The van der Waals surface area contributed by atoms with E-state index >= 15 is 0 Å². The summed E-state index contributed by atoms with van der Waals surface area (Å²) in [5, 5.41) is 6.08. The molecule has 0 unspecified atom stereocenters. The fraction of sp³-hybridized carbons (Fsp3) is 0.318. The SMILES string of the molecule is CCCNC(=O)[C@@H]1CC(=O)N(c2ccc(OCC(=O)Nc3cccc(Cl)c3)cc2)C1. The van der Waals surface area contributed by atoms with E-state index in [-0.39, 0.29) is 36.7 Å². The maximum atomic E-state index is 12.3. The number of nitrogens with one attached hydrogen (secondary N) is 2. The number of ether oxygens (including phenoxy) is 1. The second-order valence-electron chi connectivity index (χ2n) is 7.04. The van der Waals surface area contributed by atoms with Crippen molar-refractivity contribution in [3.8, 4) is 5.75 Å². The summed E-state index contributed by atoms with van der Waals surface area (Å²) in [6.45, 7) is 2.79. The average molecular weight is 430 g/mol. The molecule has 0 aromatic heterocycles. The third-order valence-electron chi connectivity index (χ3n) is 4.67. The largest absolute Gasteiger partial charge is 0.484 e. The summed E-state index contributed by atoms with van der Waals surface area (Å²) >= 11 is 5.90. The first-order chi connectivity index (χ1) is 14.5. The monoisotopic (exact) mass is 429 g/mol. The highest BCUT2D eigenvalue weighted by atomic mass is 35.5. The van der Waals surface area contributed by atoms with Gasteiger partial charge >= 0.3 is 0 Å². The zero-order chi connectivity index (χ0) is 21.5. The average Bonchev–Trinajstić information content (AvgIpc) is 3.12. The van der Waals surface area contributed by atoms with Crippen LogP contribution >= 0.6 is 11.6 Å². The van der Waals surface area contributed by atoms with E-state index in [1.165, 1.54) is 0 Å². The molecule has 1 aliphatic heterocycles. The van der Waals surface area contributed by atoms with E-state index in [2.05, 4.69) is 10.6 Å². The molecule has 7 nitrogen and oxygen atoms in total. The van der Waals surface area contributed by atoms with E-state index in [1.807, 2.05) is 6.92 Å². The molecule has 0 radical (unpaired) electrons. The summed E-state index contributed by atoms with van der Waals surface area (Å²) < 4.78 is 5.51. The zero-order valence-corrected chi connectivity index (χ0v) is 17.4. The van der Waals surface area contributed by atoms with Gasteiger partial charge < -0.3 is 20.3 Å². The Morgan fingerprint density at radius 3 is 2.67 bits per heavy atom. The number of carbonyl (C=O) groups is 3. The van der Waals surface area contributed by atoms with Crippen molar-refractivity contribution in [2.75, 3.05) is 29.9 Å². The second kappa shape index (κ2) is 10.1. The Labute approximate surface area is 180 Å². The number of rotatable bonds is 8. The minimum atomic E-state index is -0.338. The molecular formula is C22H24ClN3O4. The van der Waals surface area contributed by atoms with E-state index in [0.717, 1.165) is 6.42 Å². The van der Waals surface area contributed by atoms with Crippen LogP contribution in [0.15, 0.2) is 48.5 Å². The molecule has 0 aliphatic carbocycles. The van der Waals surface area contributed by atoms with Gasteiger partial charge in [0.05, 0.1) is 5.92 Å². The van der Waals surface area contributed by atoms with E-state index in [0.29, 0.717) is 35.2 Å². The lowest BCUT2D eigenvalue weighted by atomic mass is 10.1. The Kier molecular flexibility index (Phi) is 7.30. The predicted octanol–water partition coefficient (Wildman–Crippen LogP) is 3.24. The summed E-state index contributed by atoms with van der Waals surface area (Å²) in [5.41, 5.74) is 1.29. The van der Waals surface area contributed by atoms with Crippen molar-refractivity contribution in [1.29, 1.82) is 0 Å². The molecule has 2 aromatic carbocycles. The topological polar surface area (TPSA) is 87.7 Å². The molecule has 0 bridgehead atoms. The standard InChI is InChI=1S/C22H24ClN3O4/c1-2-10-24-22(29)15-11-21(28)26(13-15)18-6-8-19(9-7-18)30-14-20(27)25-17-5-3-4-16(23)12-17/h3-9,12,15H,2,10-11,13-14H2,1H3,(H,24,29)(H,25,27)/t15-/m1/s1. The van der Waals surface area contributed by atoms with Gasteiger partial charge in [-0.05, 0) is 48.9 Å². The van der Waals surface area contributed by atoms with Crippen LogP contribution in [-0.4, -0.2) is 37.4 Å². The van der Waals surface area contributed by atoms with Gasteiger partial charge in [-0.2, -0.15) is 0 Å². The summed E-state index contributed by atoms with van der Waals surface area (Å²) in [5.74, 6) is -0.310. The van der Waals surface area contributed by atoms with Crippen molar-refractivity contribution in [3.63, 3.8) is 0 Å². The van der Waals surface area contributed by atoms with Crippen LogP contribution in [0.2, 0.25) is 5.02 Å². The molecule has 1 aliphatic rings. The third kappa shape index (κ3) is 5.73. The highest BCUT2D eigenvalue weighted by molar-refractivity contribution is 6.30. The van der Waals surface area contributed by atoms with Gasteiger partial charge in [0.1, 0.15) is 5.75 Å². The Bertz CT molecular complexity index is 917. The van der Waals surface area contributed by atoms with E-state index < -0.39 is 0 Å². The third-order valence-corrected chi connectivity index (χ3v) is 4.91. The van der Waals surface area contributed by atoms with E-state index in [9.17, 15) is 14.4 Å². The Balaban J connectivity index is 1.51. The van der Waals surface area contributed by atoms with Crippen molar-refractivity contribution < 1.29 is 19.1 Å². The number of hydrogen-bond donors (Lipinski definition) is 2. The first-order valence-electron chi connectivity index (χ1n) is 9.82. The fourth-order valence-corrected chi connectivity index (χ4v) is 3.35. The molecular weight excluding hydrogens is 406 g/mol. The lowest BCUT2D eigenvalue weighted by Gasteiger charge is -2.17. The molecule has 8 heteroatoms. The van der Waals surface area contributed by atoms with Crippen molar-refractivity contribution in [1.82, 2.24) is 5.32 Å². The van der Waals surface area contributed by atoms with Crippen molar-refractivity contribution >= 4 is 40.7 Å². The quantitative estimate of drug-likeness (QED) is 0.674. The molecule has 0 spiro atoms. The molecule has 2 N–H and O–H groups in total. The summed E-state index contributed by atoms with van der Waals surface area (Å²) in [6.07, 6.45) is 1.06. The molecule has 1 fully saturated rings. The number of nitrogens with zero attached hydrogens (tertiary/aromatic N) is 1. The number of hydrogen-bond acceptors (Lipinski definition) is 4. The molecule has 1 saturated heterocycles. The molecule has 30 heavy (non-hydrogen) atoms. The van der Waals surface area contributed by atoms with Crippen LogP contribution in [0.3, 0.4) is 0 Å². The van der Waals surface area contributed by atoms with Crippen LogP contribution in [0.1, 0.15) is 19.8 Å². The van der Waals surface area contributed by atoms with Gasteiger partial charge in [-0.1, -0.05) is 24.6 Å². The van der Waals surface area contributed by atoms with Crippen molar-refractivity contribution in [2.45, 2.75) is 19.8 Å². The lowest BCUT2D eigenvalue weighted by Crippen LogP contribution is -2.33. The highest BCUT2D eigenvalue weighted by Gasteiger charge is 2.34. The number of halogens is 1. The second-order valence-corrected chi connectivity index (χ2v) is 7.47. The predicted molar refractivity (Wildman–Crippen MR) is 116 cm³/mol. The molecule has 1 atom stereocenters. The Morgan fingerprint density at radius 2 is 1.97 bits per heavy atom. The molecule has 158 valence electrons.